The Bertz CT molecular complexity index is 1030. The molecule has 1 atom stereocenters. The van der Waals surface area contributed by atoms with Crippen molar-refractivity contribution < 1.29 is 26.7 Å². The molecule has 1 N–H and O–H groups in total. The zero-order valence-electron chi connectivity index (χ0n) is 17.6. The average molecular weight is 475 g/mol. The number of alkyl halides is 2. The molecular formula is C21H25ClF2N2O4S. The van der Waals surface area contributed by atoms with Crippen LogP contribution in [-0.4, -0.2) is 38.3 Å². The molecular weight excluding hydrogens is 450 g/mol. The van der Waals surface area contributed by atoms with Gasteiger partial charge in [0, 0.05) is 18.7 Å². The molecule has 0 fully saturated rings. The number of para-hydroxylation sites is 1. The Balaban J connectivity index is 2.37. The van der Waals surface area contributed by atoms with Crippen molar-refractivity contribution in [1.29, 1.82) is 0 Å². The molecule has 31 heavy (non-hydrogen) atoms. The smallest absolute Gasteiger partial charge is 0.387 e. The van der Waals surface area contributed by atoms with E-state index in [1.54, 1.807) is 39.0 Å². The van der Waals surface area contributed by atoms with Crippen molar-refractivity contribution in [2.75, 3.05) is 7.05 Å². The topological polar surface area (TPSA) is 75.7 Å². The molecule has 2 aromatic rings. The number of nitrogens with one attached hydrogen (secondary N) is 1. The van der Waals surface area contributed by atoms with Crippen LogP contribution in [0.15, 0.2) is 47.4 Å². The monoisotopic (exact) mass is 474 g/mol. The fourth-order valence-corrected chi connectivity index (χ4v) is 4.49. The van der Waals surface area contributed by atoms with Crippen LogP contribution in [0.2, 0.25) is 5.02 Å². The molecule has 0 aromatic heterocycles. The minimum atomic E-state index is -3.83. The molecule has 0 radical (unpaired) electrons. The number of rotatable bonds is 9. The van der Waals surface area contributed by atoms with E-state index in [0.29, 0.717) is 12.0 Å². The molecule has 0 aliphatic heterocycles. The van der Waals surface area contributed by atoms with E-state index in [-0.39, 0.29) is 27.3 Å². The maximum absolute atomic E-state index is 12.9. The number of halogens is 3. The molecule has 10 heteroatoms. The third kappa shape index (κ3) is 5.93. The fourth-order valence-electron chi connectivity index (χ4n) is 2.89. The fraction of sp³-hybridized carbons (Fsp3) is 0.381. The van der Waals surface area contributed by atoms with E-state index in [0.717, 1.165) is 0 Å². The van der Waals surface area contributed by atoms with Crippen molar-refractivity contribution >= 4 is 27.5 Å². The summed E-state index contributed by atoms with van der Waals surface area (Å²) in [5.41, 5.74) is 0.337. The zero-order valence-corrected chi connectivity index (χ0v) is 19.2. The van der Waals surface area contributed by atoms with E-state index in [2.05, 4.69) is 10.1 Å². The summed E-state index contributed by atoms with van der Waals surface area (Å²) < 4.78 is 56.8. The standard InChI is InChI=1S/C21H25ClF2N2O4S/c1-5-18(15-8-6-7-9-19(15)30-21(23)24)25-20(27)16-12-14(10-11-17(16)22)31(28,29)26(4)13(2)3/h6-13,18,21H,5H2,1-4H3,(H,25,27). The number of hydrogen-bond acceptors (Lipinski definition) is 4. The van der Waals surface area contributed by atoms with E-state index >= 15 is 0 Å². The summed E-state index contributed by atoms with van der Waals surface area (Å²) in [5, 5.41) is 2.79. The number of amides is 1. The van der Waals surface area contributed by atoms with Crippen LogP contribution in [0, 0.1) is 0 Å². The van der Waals surface area contributed by atoms with Crippen molar-refractivity contribution in [1.82, 2.24) is 9.62 Å². The second kappa shape index (κ2) is 10.4. The van der Waals surface area contributed by atoms with Gasteiger partial charge in [0.2, 0.25) is 10.0 Å². The number of hydrogen-bond donors (Lipinski definition) is 1. The van der Waals surface area contributed by atoms with Crippen molar-refractivity contribution in [3.05, 3.63) is 58.6 Å². The maximum Gasteiger partial charge on any atom is 0.387 e. The molecule has 0 bridgehead atoms. The molecule has 0 heterocycles. The van der Waals surface area contributed by atoms with E-state index in [1.807, 2.05) is 0 Å². The largest absolute Gasteiger partial charge is 0.434 e. The summed E-state index contributed by atoms with van der Waals surface area (Å²) in [7, 11) is -2.38. The van der Waals surface area contributed by atoms with Gasteiger partial charge in [-0.3, -0.25) is 4.79 Å². The highest BCUT2D eigenvalue weighted by molar-refractivity contribution is 7.89. The zero-order chi connectivity index (χ0) is 23.3. The average Bonchev–Trinajstić information content (AvgIpc) is 2.71. The highest BCUT2D eigenvalue weighted by Gasteiger charge is 2.26. The lowest BCUT2D eigenvalue weighted by molar-refractivity contribution is -0.0506. The summed E-state index contributed by atoms with van der Waals surface area (Å²) in [6.45, 7) is 2.21. The Morgan fingerprint density at radius 1 is 1.19 bits per heavy atom. The molecule has 0 aliphatic carbocycles. The van der Waals surface area contributed by atoms with Crippen LogP contribution in [0.5, 0.6) is 5.75 Å². The summed E-state index contributed by atoms with van der Waals surface area (Å²) in [4.78, 5) is 12.9. The molecule has 6 nitrogen and oxygen atoms in total. The quantitative estimate of drug-likeness (QED) is 0.563. The molecule has 1 amide bonds. The van der Waals surface area contributed by atoms with Crippen molar-refractivity contribution in [3.8, 4) is 5.75 Å². The highest BCUT2D eigenvalue weighted by atomic mass is 35.5. The third-order valence-corrected chi connectivity index (χ3v) is 7.17. The third-order valence-electron chi connectivity index (χ3n) is 4.81. The van der Waals surface area contributed by atoms with Crippen molar-refractivity contribution in [2.24, 2.45) is 0 Å². The molecule has 0 spiro atoms. The van der Waals surface area contributed by atoms with E-state index in [9.17, 15) is 22.0 Å². The van der Waals surface area contributed by atoms with E-state index < -0.39 is 28.6 Å². The molecule has 1 unspecified atom stereocenters. The molecule has 0 saturated carbocycles. The lowest BCUT2D eigenvalue weighted by atomic mass is 10.0. The van der Waals surface area contributed by atoms with Gasteiger partial charge in [0.15, 0.2) is 0 Å². The number of carbonyl (C=O) groups is 1. The maximum atomic E-state index is 12.9. The van der Waals surface area contributed by atoms with Gasteiger partial charge in [-0.25, -0.2) is 8.42 Å². The molecule has 170 valence electrons. The van der Waals surface area contributed by atoms with Crippen LogP contribution in [-0.2, 0) is 10.0 Å². The van der Waals surface area contributed by atoms with Gasteiger partial charge in [-0.2, -0.15) is 13.1 Å². The molecule has 2 aromatic carbocycles. The predicted octanol–water partition coefficient (Wildman–Crippen LogP) is 4.85. The number of ether oxygens (including phenoxy) is 1. The molecule has 2 rings (SSSR count). The Kier molecular flexibility index (Phi) is 8.39. The minimum Gasteiger partial charge on any atom is -0.434 e. The number of nitrogens with zero attached hydrogens (tertiary/aromatic N) is 1. The number of benzene rings is 2. The van der Waals surface area contributed by atoms with Gasteiger partial charge in [-0.1, -0.05) is 36.7 Å². The lowest BCUT2D eigenvalue weighted by Crippen LogP contribution is -2.33. The first kappa shape index (κ1) is 25.0. The van der Waals surface area contributed by atoms with Gasteiger partial charge in [0.05, 0.1) is 21.5 Å². The van der Waals surface area contributed by atoms with Gasteiger partial charge in [0.1, 0.15) is 5.75 Å². The predicted molar refractivity (Wildman–Crippen MR) is 115 cm³/mol. The van der Waals surface area contributed by atoms with Crippen molar-refractivity contribution in [3.63, 3.8) is 0 Å². The van der Waals surface area contributed by atoms with Gasteiger partial charge < -0.3 is 10.1 Å². The summed E-state index contributed by atoms with van der Waals surface area (Å²) in [6, 6.07) is 9.09. The SMILES string of the molecule is CCC(NC(=O)c1cc(S(=O)(=O)N(C)C(C)C)ccc1Cl)c1ccccc1OC(F)F. The van der Waals surface area contributed by atoms with Crippen LogP contribution in [0.4, 0.5) is 8.78 Å². The Labute approximate surface area is 186 Å². The van der Waals surface area contributed by atoms with Gasteiger partial charge in [0.25, 0.3) is 5.91 Å². The van der Waals surface area contributed by atoms with Crippen LogP contribution < -0.4 is 10.1 Å². The lowest BCUT2D eigenvalue weighted by Gasteiger charge is -2.22. The highest BCUT2D eigenvalue weighted by Crippen LogP contribution is 2.30. The first-order valence-electron chi connectivity index (χ1n) is 9.61. The Hall–Kier alpha value is -2.23. The van der Waals surface area contributed by atoms with Gasteiger partial charge >= 0.3 is 6.61 Å². The van der Waals surface area contributed by atoms with E-state index in [4.69, 9.17) is 11.6 Å². The molecule has 0 saturated heterocycles. The second-order valence-corrected chi connectivity index (χ2v) is 9.51. The van der Waals surface area contributed by atoms with Crippen LogP contribution in [0.1, 0.15) is 49.2 Å². The summed E-state index contributed by atoms with van der Waals surface area (Å²) >= 11 is 6.16. The van der Waals surface area contributed by atoms with Crippen molar-refractivity contribution in [2.45, 2.75) is 50.8 Å². The van der Waals surface area contributed by atoms with Gasteiger partial charge in [-0.15, -0.1) is 0 Å². The van der Waals surface area contributed by atoms with Crippen LogP contribution >= 0.6 is 11.6 Å². The van der Waals surface area contributed by atoms with Gasteiger partial charge in [-0.05, 0) is 44.5 Å². The minimum absolute atomic E-state index is 0.0365. The Morgan fingerprint density at radius 3 is 2.42 bits per heavy atom. The summed E-state index contributed by atoms with van der Waals surface area (Å²) in [5.74, 6) is -0.682. The first-order chi connectivity index (χ1) is 14.5. The number of carbonyl (C=O) groups excluding carboxylic acids is 1. The van der Waals surface area contributed by atoms with Crippen LogP contribution in [0.3, 0.4) is 0 Å². The first-order valence-corrected chi connectivity index (χ1v) is 11.4. The normalized spacial score (nSPS) is 13.0. The van der Waals surface area contributed by atoms with Crippen LogP contribution in [0.25, 0.3) is 0 Å². The van der Waals surface area contributed by atoms with E-state index in [1.165, 1.54) is 35.6 Å². The summed E-state index contributed by atoms with van der Waals surface area (Å²) in [6.07, 6.45) is 0.376. The number of sulfonamides is 1. The Morgan fingerprint density at radius 2 is 1.84 bits per heavy atom. The molecule has 0 aliphatic rings. The second-order valence-electron chi connectivity index (χ2n) is 7.11.